The van der Waals surface area contributed by atoms with Crippen LogP contribution < -0.4 is 9.50 Å². The van der Waals surface area contributed by atoms with Gasteiger partial charge in [0.1, 0.15) is 6.33 Å². The van der Waals surface area contributed by atoms with Crippen LogP contribution in [-0.2, 0) is 0 Å². The normalized spacial score (nSPS) is 10.7. The van der Waals surface area contributed by atoms with Crippen molar-refractivity contribution in [2.45, 2.75) is 0 Å². The van der Waals surface area contributed by atoms with Gasteiger partial charge in [-0.15, -0.1) is 0 Å². The predicted molar refractivity (Wildman–Crippen MR) is 103 cm³/mol. The Morgan fingerprint density at radius 2 is 1.85 bits per heavy atom. The van der Waals surface area contributed by atoms with Crippen LogP contribution in [0.1, 0.15) is 0 Å². The lowest BCUT2D eigenvalue weighted by molar-refractivity contribution is 0.441. The van der Waals surface area contributed by atoms with E-state index in [1.165, 1.54) is 18.5 Å². The number of anilines is 2. The number of phenols is 1. The number of nitrogens with zero attached hydrogens (tertiary/aromatic N) is 4. The van der Waals surface area contributed by atoms with Crippen molar-refractivity contribution in [3.63, 3.8) is 0 Å². The minimum absolute atomic E-state index is 0.0965. The van der Waals surface area contributed by atoms with Gasteiger partial charge < -0.3 is 14.6 Å². The Morgan fingerprint density at radius 1 is 1.00 bits per heavy atom. The molecule has 0 aliphatic carbocycles. The number of nitrogens with one attached hydrogen (secondary N) is 1. The van der Waals surface area contributed by atoms with Crippen molar-refractivity contribution in [3.05, 3.63) is 61.1 Å². The molecule has 9 heteroatoms. The third kappa shape index (κ3) is 3.59. The first-order valence-electron chi connectivity index (χ1n) is 7.86. The molecule has 0 saturated carbocycles. The summed E-state index contributed by atoms with van der Waals surface area (Å²) in [6.45, 7) is 0. The third-order valence-corrected chi connectivity index (χ3v) is 4.02. The van der Waals surface area contributed by atoms with E-state index in [0.717, 1.165) is 5.56 Å². The predicted octanol–water partition coefficient (Wildman–Crippen LogP) is 4.04. The standard InChI is InChI=1S/C18H13N5O3S/c24-14-7-6-12(8-15(14)26-27-25)22-18-16-17(20-10-21-18)19-9-13(23-16)11-4-2-1-3-5-11/h1-10,24-25H,(H,19,20,21,22). The number of benzene rings is 2. The van der Waals surface area contributed by atoms with Crippen LogP contribution in [0.2, 0.25) is 0 Å². The summed E-state index contributed by atoms with van der Waals surface area (Å²) in [5.41, 5.74) is 3.18. The van der Waals surface area contributed by atoms with E-state index in [-0.39, 0.29) is 23.8 Å². The molecule has 0 spiro atoms. The highest BCUT2D eigenvalue weighted by atomic mass is 32.2. The van der Waals surface area contributed by atoms with E-state index in [0.29, 0.717) is 28.4 Å². The fourth-order valence-corrected chi connectivity index (χ4v) is 2.73. The Morgan fingerprint density at radius 3 is 2.67 bits per heavy atom. The molecule has 0 amide bonds. The first-order valence-corrected chi connectivity index (χ1v) is 8.56. The quantitative estimate of drug-likeness (QED) is 0.349. The van der Waals surface area contributed by atoms with Gasteiger partial charge in [0.2, 0.25) is 12.3 Å². The molecule has 27 heavy (non-hydrogen) atoms. The minimum Gasteiger partial charge on any atom is -0.504 e. The van der Waals surface area contributed by atoms with Crippen LogP contribution in [0.15, 0.2) is 61.1 Å². The molecule has 4 aromatic rings. The molecule has 2 aromatic heterocycles. The van der Waals surface area contributed by atoms with Crippen LogP contribution in [0.25, 0.3) is 22.4 Å². The largest absolute Gasteiger partial charge is 0.504 e. The van der Waals surface area contributed by atoms with E-state index in [9.17, 15) is 5.11 Å². The maximum absolute atomic E-state index is 9.74. The van der Waals surface area contributed by atoms with E-state index < -0.39 is 0 Å². The second kappa shape index (κ2) is 7.44. The number of phenolic OH excluding ortho intramolecular Hbond substituents is 1. The van der Waals surface area contributed by atoms with Crippen molar-refractivity contribution in [1.82, 2.24) is 19.9 Å². The molecule has 2 aromatic carbocycles. The summed E-state index contributed by atoms with van der Waals surface area (Å²) >= 11 is 0.150. The van der Waals surface area contributed by atoms with Gasteiger partial charge in [0.15, 0.2) is 28.5 Å². The summed E-state index contributed by atoms with van der Waals surface area (Å²) in [7, 11) is 0. The minimum atomic E-state index is -0.0965. The number of aromatic nitrogens is 4. The summed E-state index contributed by atoms with van der Waals surface area (Å²) in [6.07, 6.45) is 3.06. The van der Waals surface area contributed by atoms with Crippen LogP contribution in [0.4, 0.5) is 11.5 Å². The van der Waals surface area contributed by atoms with Crippen molar-refractivity contribution in [1.29, 1.82) is 0 Å². The number of hydrogen-bond donors (Lipinski definition) is 3. The molecular formula is C18H13N5O3S. The van der Waals surface area contributed by atoms with Gasteiger partial charge in [0.25, 0.3) is 0 Å². The van der Waals surface area contributed by atoms with E-state index in [4.69, 9.17) is 8.74 Å². The van der Waals surface area contributed by atoms with E-state index in [2.05, 4.69) is 25.3 Å². The molecule has 0 unspecified atom stereocenters. The second-order valence-corrected chi connectivity index (χ2v) is 5.80. The zero-order chi connectivity index (χ0) is 18.6. The Bertz CT molecular complexity index is 1090. The smallest absolute Gasteiger partial charge is 0.222 e. The van der Waals surface area contributed by atoms with Crippen molar-refractivity contribution in [2.24, 2.45) is 0 Å². The van der Waals surface area contributed by atoms with E-state index in [1.54, 1.807) is 12.3 Å². The molecule has 0 fully saturated rings. The summed E-state index contributed by atoms with van der Waals surface area (Å²) in [4.78, 5) is 17.4. The van der Waals surface area contributed by atoms with Crippen LogP contribution in [-0.4, -0.2) is 29.6 Å². The Kier molecular flexibility index (Phi) is 4.69. The highest BCUT2D eigenvalue weighted by Gasteiger charge is 2.11. The molecule has 2 heterocycles. The van der Waals surface area contributed by atoms with E-state index in [1.807, 2.05) is 30.3 Å². The van der Waals surface area contributed by atoms with Gasteiger partial charge in [-0.1, -0.05) is 30.3 Å². The highest BCUT2D eigenvalue weighted by molar-refractivity contribution is 7.89. The first kappa shape index (κ1) is 17.0. The monoisotopic (exact) mass is 379 g/mol. The molecule has 134 valence electrons. The molecule has 3 N–H and O–H groups in total. The van der Waals surface area contributed by atoms with E-state index >= 15 is 0 Å². The highest BCUT2D eigenvalue weighted by Crippen LogP contribution is 2.32. The lowest BCUT2D eigenvalue weighted by atomic mass is 10.2. The fraction of sp³-hybridized carbons (Fsp3) is 0. The summed E-state index contributed by atoms with van der Waals surface area (Å²) in [5.74, 6) is 0.473. The summed E-state index contributed by atoms with van der Waals surface area (Å²) in [5, 5.41) is 12.9. The Hall–Kier alpha value is -3.43. The Balaban J connectivity index is 1.74. The molecule has 0 atom stereocenters. The van der Waals surface area contributed by atoms with Gasteiger partial charge in [-0.2, -0.15) is 0 Å². The van der Waals surface area contributed by atoms with Crippen molar-refractivity contribution in [3.8, 4) is 22.8 Å². The maximum Gasteiger partial charge on any atom is 0.222 e. The molecule has 0 aliphatic heterocycles. The van der Waals surface area contributed by atoms with Crippen molar-refractivity contribution < 1.29 is 13.8 Å². The van der Waals surface area contributed by atoms with Crippen LogP contribution in [0.5, 0.6) is 11.5 Å². The number of hydrogen-bond acceptors (Lipinski definition) is 9. The first-order chi connectivity index (χ1) is 13.2. The lowest BCUT2D eigenvalue weighted by Crippen LogP contribution is -2.00. The molecule has 0 radical (unpaired) electrons. The molecule has 0 aliphatic rings. The van der Waals surface area contributed by atoms with Gasteiger partial charge >= 0.3 is 0 Å². The number of fused-ring (bicyclic) bond motifs is 1. The maximum atomic E-state index is 9.74. The van der Waals surface area contributed by atoms with Crippen LogP contribution >= 0.6 is 12.3 Å². The Labute approximate surface area is 158 Å². The van der Waals surface area contributed by atoms with Crippen molar-refractivity contribution >= 4 is 35.0 Å². The molecule has 4 rings (SSSR count). The number of rotatable bonds is 5. The second-order valence-electron chi connectivity index (χ2n) is 5.48. The van der Waals surface area contributed by atoms with Crippen molar-refractivity contribution in [2.75, 3.05) is 5.32 Å². The van der Waals surface area contributed by atoms with Crippen LogP contribution in [0.3, 0.4) is 0 Å². The van der Waals surface area contributed by atoms with Crippen LogP contribution in [0, 0.1) is 0 Å². The van der Waals surface area contributed by atoms with Gasteiger partial charge in [0, 0.05) is 17.3 Å². The molecule has 0 saturated heterocycles. The van der Waals surface area contributed by atoms with Gasteiger partial charge in [-0.3, -0.25) is 4.55 Å². The summed E-state index contributed by atoms with van der Waals surface area (Å²) in [6, 6.07) is 14.3. The number of aromatic hydroxyl groups is 1. The van der Waals surface area contributed by atoms with Gasteiger partial charge in [0.05, 0.1) is 11.9 Å². The average Bonchev–Trinajstić information content (AvgIpc) is 2.71. The topological polar surface area (TPSA) is 113 Å². The summed E-state index contributed by atoms with van der Waals surface area (Å²) < 4.78 is 13.7. The molecule has 0 bridgehead atoms. The fourth-order valence-electron chi connectivity index (χ4n) is 2.51. The van der Waals surface area contributed by atoms with Gasteiger partial charge in [-0.05, 0) is 12.1 Å². The SMILES string of the molecule is OSOc1cc(Nc2ncnc3ncc(-c4ccccc4)nc23)ccc1O. The molecule has 8 nitrogen and oxygen atoms in total. The third-order valence-electron chi connectivity index (χ3n) is 3.76. The molecular weight excluding hydrogens is 366 g/mol. The lowest BCUT2D eigenvalue weighted by Gasteiger charge is -2.10. The zero-order valence-electron chi connectivity index (χ0n) is 13.8. The van der Waals surface area contributed by atoms with Gasteiger partial charge in [-0.25, -0.2) is 19.9 Å². The zero-order valence-corrected chi connectivity index (χ0v) is 14.6. The average molecular weight is 379 g/mol.